The number of para-hydroxylation sites is 1. The number of carbonyl (C=O) groups excluding carboxylic acids is 1. The van der Waals surface area contributed by atoms with Gasteiger partial charge in [-0.25, -0.2) is 4.79 Å². The molecule has 1 aromatic carbocycles. The molecule has 14 heavy (non-hydrogen) atoms. The van der Waals surface area contributed by atoms with E-state index in [1.54, 1.807) is 4.90 Å². The smallest absolute Gasteiger partial charge is 0.416 e. The van der Waals surface area contributed by atoms with Gasteiger partial charge in [0.05, 0.1) is 12.2 Å². The second-order valence-electron chi connectivity index (χ2n) is 3.19. The summed E-state index contributed by atoms with van der Waals surface area (Å²) < 4.78 is 4.84. The second-order valence-corrected chi connectivity index (χ2v) is 3.68. The summed E-state index contributed by atoms with van der Waals surface area (Å²) in [7, 11) is 0. The molecule has 1 saturated heterocycles. The molecule has 3 nitrogen and oxygen atoms in total. The SMILES string of the molecule is Cc1ccccc1N1CC(Cl)OC1=O. The Bertz CT molecular complexity index is 367. The van der Waals surface area contributed by atoms with E-state index >= 15 is 0 Å². The van der Waals surface area contributed by atoms with Crippen LogP contribution in [0.15, 0.2) is 24.3 Å². The van der Waals surface area contributed by atoms with Crippen molar-refractivity contribution in [3.63, 3.8) is 0 Å². The van der Waals surface area contributed by atoms with Gasteiger partial charge in [0.15, 0.2) is 5.56 Å². The van der Waals surface area contributed by atoms with Crippen molar-refractivity contribution in [2.75, 3.05) is 11.4 Å². The van der Waals surface area contributed by atoms with Gasteiger partial charge >= 0.3 is 6.09 Å². The van der Waals surface area contributed by atoms with E-state index in [0.717, 1.165) is 11.3 Å². The summed E-state index contributed by atoms with van der Waals surface area (Å²) in [6, 6.07) is 7.64. The van der Waals surface area contributed by atoms with Crippen molar-refractivity contribution < 1.29 is 9.53 Å². The highest BCUT2D eigenvalue weighted by Crippen LogP contribution is 2.25. The molecule has 1 heterocycles. The number of aryl methyl sites for hydroxylation is 1. The predicted octanol–water partition coefficient (Wildman–Crippen LogP) is 2.52. The van der Waals surface area contributed by atoms with Crippen LogP contribution in [0.2, 0.25) is 0 Å². The number of amides is 1. The van der Waals surface area contributed by atoms with Crippen LogP contribution in [0.3, 0.4) is 0 Å². The van der Waals surface area contributed by atoms with E-state index in [2.05, 4.69) is 0 Å². The zero-order valence-corrected chi connectivity index (χ0v) is 8.49. The van der Waals surface area contributed by atoms with E-state index < -0.39 is 5.56 Å². The number of nitrogens with zero attached hydrogens (tertiary/aromatic N) is 1. The summed E-state index contributed by atoms with van der Waals surface area (Å²) in [5.41, 5.74) is 1.36. The minimum Gasteiger partial charge on any atom is -0.427 e. The van der Waals surface area contributed by atoms with Gasteiger partial charge in [-0.2, -0.15) is 0 Å². The summed E-state index contributed by atoms with van der Waals surface area (Å²) in [5.74, 6) is 0. The lowest BCUT2D eigenvalue weighted by Gasteiger charge is -2.14. The van der Waals surface area contributed by atoms with Crippen molar-refractivity contribution in [3.05, 3.63) is 29.8 Å². The van der Waals surface area contributed by atoms with Crippen molar-refractivity contribution in [2.45, 2.75) is 12.5 Å². The van der Waals surface area contributed by atoms with Crippen LogP contribution in [0.4, 0.5) is 10.5 Å². The number of hydrogen-bond acceptors (Lipinski definition) is 2. The minimum atomic E-state index is -0.540. The highest BCUT2D eigenvalue weighted by atomic mass is 35.5. The lowest BCUT2D eigenvalue weighted by molar-refractivity contribution is 0.170. The number of cyclic esters (lactones) is 1. The van der Waals surface area contributed by atoms with Crippen LogP contribution in [0, 0.1) is 6.92 Å². The van der Waals surface area contributed by atoms with Crippen LogP contribution < -0.4 is 4.90 Å². The standard InChI is InChI=1S/C10H10ClNO2/c1-7-4-2-3-5-8(7)12-6-9(11)14-10(12)13/h2-5,9H,6H2,1H3. The third-order valence-corrected chi connectivity index (χ3v) is 2.41. The Morgan fingerprint density at radius 2 is 2.21 bits per heavy atom. The van der Waals surface area contributed by atoms with Gasteiger partial charge in [0, 0.05) is 0 Å². The topological polar surface area (TPSA) is 29.5 Å². The Hall–Kier alpha value is -1.22. The summed E-state index contributed by atoms with van der Waals surface area (Å²) in [4.78, 5) is 12.9. The van der Waals surface area contributed by atoms with E-state index in [9.17, 15) is 4.79 Å². The average molecular weight is 212 g/mol. The molecule has 74 valence electrons. The Morgan fingerprint density at radius 1 is 1.50 bits per heavy atom. The van der Waals surface area contributed by atoms with Gasteiger partial charge < -0.3 is 4.74 Å². The molecule has 0 saturated carbocycles. The lowest BCUT2D eigenvalue weighted by atomic mass is 10.2. The van der Waals surface area contributed by atoms with E-state index in [-0.39, 0.29) is 6.09 Å². The Kier molecular flexibility index (Phi) is 2.33. The number of anilines is 1. The number of rotatable bonds is 1. The van der Waals surface area contributed by atoms with Crippen LogP contribution in [-0.4, -0.2) is 18.2 Å². The van der Waals surface area contributed by atoms with Gasteiger partial charge in [0.2, 0.25) is 0 Å². The molecule has 2 rings (SSSR count). The molecule has 0 spiro atoms. The highest BCUT2D eigenvalue weighted by molar-refractivity contribution is 6.21. The summed E-state index contributed by atoms with van der Waals surface area (Å²) >= 11 is 5.72. The zero-order valence-electron chi connectivity index (χ0n) is 7.74. The van der Waals surface area contributed by atoms with Crippen molar-refractivity contribution in [1.29, 1.82) is 0 Å². The molecule has 0 radical (unpaired) electrons. The molecule has 1 fully saturated rings. The van der Waals surface area contributed by atoms with Gasteiger partial charge in [0.25, 0.3) is 0 Å². The van der Waals surface area contributed by atoms with Gasteiger partial charge in [-0.05, 0) is 18.6 Å². The maximum absolute atomic E-state index is 11.4. The first-order valence-corrected chi connectivity index (χ1v) is 4.80. The first-order chi connectivity index (χ1) is 6.68. The first kappa shape index (κ1) is 9.34. The molecule has 0 aliphatic carbocycles. The third kappa shape index (κ3) is 1.55. The van der Waals surface area contributed by atoms with E-state index in [0.29, 0.717) is 6.54 Å². The maximum atomic E-state index is 11.4. The van der Waals surface area contributed by atoms with Gasteiger partial charge in [-0.15, -0.1) is 0 Å². The molecule has 0 N–H and O–H groups in total. The van der Waals surface area contributed by atoms with Crippen LogP contribution in [0.5, 0.6) is 0 Å². The molecule has 0 bridgehead atoms. The molecule has 1 amide bonds. The van der Waals surface area contributed by atoms with E-state index in [1.165, 1.54) is 0 Å². The summed E-state index contributed by atoms with van der Waals surface area (Å²) in [6.45, 7) is 2.36. The number of alkyl halides is 1. The molecule has 1 atom stereocenters. The monoisotopic (exact) mass is 211 g/mol. The van der Waals surface area contributed by atoms with Crippen LogP contribution >= 0.6 is 11.6 Å². The third-order valence-electron chi connectivity index (χ3n) is 2.18. The molecule has 1 aliphatic heterocycles. The first-order valence-electron chi connectivity index (χ1n) is 4.36. The van der Waals surface area contributed by atoms with Crippen molar-refractivity contribution in [1.82, 2.24) is 0 Å². The molecule has 1 aromatic rings. The van der Waals surface area contributed by atoms with Crippen LogP contribution in [0.1, 0.15) is 5.56 Å². The summed E-state index contributed by atoms with van der Waals surface area (Å²) in [5, 5.41) is 0. The number of carbonyl (C=O) groups is 1. The fourth-order valence-corrected chi connectivity index (χ4v) is 1.71. The van der Waals surface area contributed by atoms with Gasteiger partial charge in [-0.1, -0.05) is 29.8 Å². The Morgan fingerprint density at radius 3 is 2.79 bits per heavy atom. The predicted molar refractivity (Wildman–Crippen MR) is 54.6 cm³/mol. The molecule has 4 heteroatoms. The molecular weight excluding hydrogens is 202 g/mol. The maximum Gasteiger partial charge on any atom is 0.416 e. The lowest BCUT2D eigenvalue weighted by Crippen LogP contribution is -2.24. The number of ether oxygens (including phenoxy) is 1. The largest absolute Gasteiger partial charge is 0.427 e. The van der Waals surface area contributed by atoms with Crippen molar-refractivity contribution in [2.24, 2.45) is 0 Å². The molecule has 0 aromatic heterocycles. The average Bonchev–Trinajstić information content (AvgIpc) is 2.46. The highest BCUT2D eigenvalue weighted by Gasteiger charge is 2.31. The van der Waals surface area contributed by atoms with Crippen LogP contribution in [-0.2, 0) is 4.74 Å². The summed E-state index contributed by atoms with van der Waals surface area (Å²) in [6.07, 6.45) is -0.376. The fraction of sp³-hybridized carbons (Fsp3) is 0.300. The van der Waals surface area contributed by atoms with Gasteiger partial charge in [-0.3, -0.25) is 4.90 Å². The molecule has 1 aliphatic rings. The molecule has 1 unspecified atom stereocenters. The normalized spacial score (nSPS) is 21.1. The van der Waals surface area contributed by atoms with E-state index in [1.807, 2.05) is 31.2 Å². The Balaban J connectivity index is 2.32. The van der Waals surface area contributed by atoms with Crippen molar-refractivity contribution in [3.8, 4) is 0 Å². The van der Waals surface area contributed by atoms with Gasteiger partial charge in [0.1, 0.15) is 0 Å². The fourth-order valence-electron chi connectivity index (χ4n) is 1.49. The zero-order chi connectivity index (χ0) is 10.1. The quantitative estimate of drug-likeness (QED) is 0.668. The second kappa shape index (κ2) is 3.50. The Labute approximate surface area is 87.2 Å². The minimum absolute atomic E-state index is 0.376. The van der Waals surface area contributed by atoms with Crippen LogP contribution in [0.25, 0.3) is 0 Å². The number of hydrogen-bond donors (Lipinski definition) is 0. The van der Waals surface area contributed by atoms with Crippen molar-refractivity contribution >= 4 is 23.4 Å². The number of halogens is 1. The molecular formula is C10H10ClNO2. The van der Waals surface area contributed by atoms with E-state index in [4.69, 9.17) is 16.3 Å². The number of benzene rings is 1.